The van der Waals surface area contributed by atoms with E-state index < -0.39 is 11.6 Å². The van der Waals surface area contributed by atoms with Crippen LogP contribution in [-0.4, -0.2) is 35.2 Å². The number of nitrogens with one attached hydrogen (secondary N) is 1. The first-order chi connectivity index (χ1) is 16.0. The third kappa shape index (κ3) is 5.83. The second kappa shape index (κ2) is 10.4. The molecular weight excluding hydrogens is 448 g/mol. The summed E-state index contributed by atoms with van der Waals surface area (Å²) in [4.78, 5) is 27.2. The van der Waals surface area contributed by atoms with Crippen molar-refractivity contribution < 1.29 is 20.2 Å². The van der Waals surface area contributed by atoms with E-state index in [1.165, 1.54) is 16.7 Å². The van der Waals surface area contributed by atoms with Crippen molar-refractivity contribution in [1.29, 1.82) is 0 Å². The summed E-state index contributed by atoms with van der Waals surface area (Å²) < 4.78 is 11.3. The van der Waals surface area contributed by atoms with Gasteiger partial charge in [-0.05, 0) is 64.6 Å². The van der Waals surface area contributed by atoms with E-state index in [1.54, 1.807) is 33.8 Å². The lowest BCUT2D eigenvalue weighted by atomic mass is 10.0. The van der Waals surface area contributed by atoms with Crippen LogP contribution in [0.25, 0.3) is 21.9 Å². The number of amides is 1. The maximum atomic E-state index is 13.4. The van der Waals surface area contributed by atoms with Crippen molar-refractivity contribution in [3.05, 3.63) is 71.4 Å². The number of ether oxygens (including phenoxy) is 1. The Labute approximate surface area is 206 Å². The number of allylic oxidation sites excluding steroid dienone is 1. The molecule has 182 valence electrons. The lowest BCUT2D eigenvalue weighted by Crippen LogP contribution is -2.40. The van der Waals surface area contributed by atoms with Crippen LogP contribution in [0.15, 0.2) is 70.3 Å². The number of fused-ring (bicyclic) bond motifs is 3. The van der Waals surface area contributed by atoms with Crippen LogP contribution in [0.1, 0.15) is 47.7 Å². The molecule has 34 heavy (non-hydrogen) atoms. The van der Waals surface area contributed by atoms with Crippen molar-refractivity contribution in [3.8, 4) is 0 Å². The molecule has 0 aliphatic carbocycles. The van der Waals surface area contributed by atoms with Gasteiger partial charge >= 0.3 is 5.97 Å². The molecule has 0 fully saturated rings. The third-order valence-electron chi connectivity index (χ3n) is 5.28. The van der Waals surface area contributed by atoms with Gasteiger partial charge in [0.1, 0.15) is 23.3 Å². The average molecular weight is 483 g/mol. The highest BCUT2D eigenvalue weighted by molar-refractivity contribution is 8.02. The third-order valence-corrected chi connectivity index (χ3v) is 5.97. The molecule has 0 radical (unpaired) electrons. The van der Waals surface area contributed by atoms with Gasteiger partial charge in [-0.3, -0.25) is 14.5 Å². The quantitative estimate of drug-likeness (QED) is 0.296. The summed E-state index contributed by atoms with van der Waals surface area (Å²) in [5, 5.41) is 5.85. The van der Waals surface area contributed by atoms with Crippen LogP contribution in [0.4, 0.5) is 0 Å². The van der Waals surface area contributed by atoms with Crippen LogP contribution in [0.5, 0.6) is 0 Å². The second-order valence-corrected chi connectivity index (χ2v) is 9.88. The van der Waals surface area contributed by atoms with Crippen molar-refractivity contribution >= 4 is 45.6 Å². The van der Waals surface area contributed by atoms with Crippen molar-refractivity contribution in [3.63, 3.8) is 0 Å². The Bertz CT molecular complexity index is 1260. The van der Waals surface area contributed by atoms with Crippen molar-refractivity contribution in [1.82, 2.24) is 10.2 Å². The fraction of sp³-hybridized carbons (Fsp3) is 0.333. The molecule has 1 atom stereocenters. The Hall–Kier alpha value is -3.19. The number of carbonyl (C=O) groups excluding carboxylic acids is 2. The van der Waals surface area contributed by atoms with Crippen LogP contribution in [0, 0.1) is 0 Å². The predicted molar refractivity (Wildman–Crippen MR) is 141 cm³/mol. The van der Waals surface area contributed by atoms with Gasteiger partial charge < -0.3 is 14.5 Å². The zero-order valence-electron chi connectivity index (χ0n) is 20.6. The van der Waals surface area contributed by atoms with Gasteiger partial charge in [-0.25, -0.2) is 0 Å². The van der Waals surface area contributed by atoms with E-state index in [4.69, 9.17) is 9.15 Å². The highest BCUT2D eigenvalue weighted by Crippen LogP contribution is 2.31. The first-order valence-electron chi connectivity index (χ1n) is 11.1. The SMILES string of the molecule is C=C(SC)N(CC(=O)OC(C)(C)C)C(=O)/C(=C\C)N[C@H](C)c1ccc2oc3ccccc3c2c1.[HH]. The Morgan fingerprint density at radius 3 is 2.53 bits per heavy atom. The number of nitrogens with zero attached hydrogens (tertiary/aromatic N) is 1. The molecule has 7 heteroatoms. The van der Waals surface area contributed by atoms with Gasteiger partial charge in [0.2, 0.25) is 0 Å². The lowest BCUT2D eigenvalue weighted by Gasteiger charge is -2.27. The van der Waals surface area contributed by atoms with Gasteiger partial charge in [-0.15, -0.1) is 11.8 Å². The normalized spacial score (nSPS) is 13.1. The van der Waals surface area contributed by atoms with E-state index in [-0.39, 0.29) is 19.9 Å². The van der Waals surface area contributed by atoms with Crippen molar-refractivity contribution in [2.24, 2.45) is 0 Å². The number of benzene rings is 2. The highest BCUT2D eigenvalue weighted by Gasteiger charge is 2.26. The van der Waals surface area contributed by atoms with Crippen LogP contribution in [0.2, 0.25) is 0 Å². The molecule has 0 saturated heterocycles. The summed E-state index contributed by atoms with van der Waals surface area (Å²) in [6, 6.07) is 13.8. The Morgan fingerprint density at radius 2 is 1.88 bits per heavy atom. The molecule has 0 aliphatic heterocycles. The zero-order valence-corrected chi connectivity index (χ0v) is 21.4. The average Bonchev–Trinajstić information content (AvgIpc) is 3.16. The standard InChI is InChI=1S/C27H32N2O4S.H2/c1-8-22(26(31)29(18(3)34-7)16-25(30)33-27(4,5)6)28-17(2)19-13-14-24-21(15-19)20-11-9-10-12-23(20)32-24;/h8-15,17,28H,3,16H2,1-2,4-7H3;1H/b22-8+;/t17-;/m1./s1. The van der Waals surface area contributed by atoms with Crippen molar-refractivity contribution in [2.45, 2.75) is 46.3 Å². The smallest absolute Gasteiger partial charge is 0.326 e. The Kier molecular flexibility index (Phi) is 7.77. The van der Waals surface area contributed by atoms with Gasteiger partial charge in [0.05, 0.1) is 10.7 Å². The molecule has 1 N–H and O–H groups in total. The maximum absolute atomic E-state index is 13.4. The summed E-state index contributed by atoms with van der Waals surface area (Å²) in [6.07, 6.45) is 3.52. The van der Waals surface area contributed by atoms with Crippen molar-refractivity contribution in [2.75, 3.05) is 12.8 Å². The largest absolute Gasteiger partial charge is 0.459 e. The summed E-state index contributed by atoms with van der Waals surface area (Å²) in [5.74, 6) is -0.828. The van der Waals surface area contributed by atoms with Crippen LogP contribution < -0.4 is 5.32 Å². The minimum Gasteiger partial charge on any atom is -0.459 e. The molecule has 6 nitrogen and oxygen atoms in total. The number of rotatable bonds is 8. The topological polar surface area (TPSA) is 71.8 Å². The molecule has 0 spiro atoms. The van der Waals surface area contributed by atoms with E-state index in [0.29, 0.717) is 10.7 Å². The highest BCUT2D eigenvalue weighted by atomic mass is 32.2. The summed E-state index contributed by atoms with van der Waals surface area (Å²) >= 11 is 1.31. The van der Waals surface area contributed by atoms with Crippen LogP contribution in [-0.2, 0) is 14.3 Å². The minimum atomic E-state index is -0.640. The minimum absolute atomic E-state index is 0. The predicted octanol–water partition coefficient (Wildman–Crippen LogP) is 6.39. The zero-order chi connectivity index (χ0) is 25.0. The summed E-state index contributed by atoms with van der Waals surface area (Å²) in [6.45, 7) is 12.9. The fourth-order valence-corrected chi connectivity index (χ4v) is 4.00. The van der Waals surface area contributed by atoms with E-state index in [0.717, 1.165) is 27.5 Å². The van der Waals surface area contributed by atoms with Crippen LogP contribution >= 0.6 is 11.8 Å². The summed E-state index contributed by atoms with van der Waals surface area (Å²) in [7, 11) is 0. The molecule has 0 saturated carbocycles. The first-order valence-corrected chi connectivity index (χ1v) is 12.4. The first kappa shape index (κ1) is 25.4. The summed E-state index contributed by atoms with van der Waals surface area (Å²) in [5.41, 5.74) is 2.41. The number of furan rings is 1. The molecule has 0 unspecified atom stereocenters. The van der Waals surface area contributed by atoms with E-state index in [1.807, 2.05) is 49.6 Å². The molecule has 3 aromatic rings. The van der Waals surface area contributed by atoms with E-state index >= 15 is 0 Å². The number of hydrogen-bond acceptors (Lipinski definition) is 6. The molecule has 1 amide bonds. The lowest BCUT2D eigenvalue weighted by molar-refractivity contribution is -0.157. The molecule has 2 aromatic carbocycles. The number of para-hydroxylation sites is 1. The molecule has 3 rings (SSSR count). The van der Waals surface area contributed by atoms with E-state index in [2.05, 4.69) is 18.0 Å². The number of thioether (sulfide) groups is 1. The molecule has 1 heterocycles. The Balaban J connectivity index is 0.00000432. The van der Waals surface area contributed by atoms with Gasteiger partial charge in [0.15, 0.2) is 0 Å². The second-order valence-electron chi connectivity index (χ2n) is 9.00. The molecular formula is C27H34N2O4S. The fourth-order valence-electron chi connectivity index (χ4n) is 3.63. The van der Waals surface area contributed by atoms with Gasteiger partial charge in [-0.2, -0.15) is 0 Å². The molecule has 0 bridgehead atoms. The number of esters is 1. The number of hydrogen-bond donors (Lipinski definition) is 1. The monoisotopic (exact) mass is 482 g/mol. The van der Waals surface area contributed by atoms with E-state index in [9.17, 15) is 9.59 Å². The maximum Gasteiger partial charge on any atom is 0.326 e. The van der Waals surface area contributed by atoms with Crippen LogP contribution in [0.3, 0.4) is 0 Å². The Morgan fingerprint density at radius 1 is 1.21 bits per heavy atom. The number of carbonyl (C=O) groups is 2. The van der Waals surface area contributed by atoms with Gasteiger partial charge in [0, 0.05) is 18.2 Å². The van der Waals surface area contributed by atoms with Gasteiger partial charge in [-0.1, -0.05) is 36.9 Å². The molecule has 0 aliphatic rings. The van der Waals surface area contributed by atoms with Gasteiger partial charge in [0.25, 0.3) is 5.91 Å². The molecule has 1 aromatic heterocycles.